The number of fused-ring (bicyclic) bond motifs is 1. The van der Waals surface area contributed by atoms with Crippen molar-refractivity contribution < 1.29 is 9.18 Å². The number of benzene rings is 1. The van der Waals surface area contributed by atoms with E-state index in [2.05, 4.69) is 20.5 Å². The first-order valence-corrected chi connectivity index (χ1v) is 8.61. The summed E-state index contributed by atoms with van der Waals surface area (Å²) in [6.45, 7) is 2.02. The Balaban J connectivity index is 1.59. The molecule has 2 N–H and O–H groups in total. The van der Waals surface area contributed by atoms with Gasteiger partial charge < -0.3 is 5.32 Å². The molecule has 0 bridgehead atoms. The number of imidazole rings is 1. The number of aryl methyl sites for hydroxylation is 1. The molecule has 136 valence electrons. The van der Waals surface area contributed by atoms with Crippen LogP contribution in [0.15, 0.2) is 48.9 Å². The summed E-state index contributed by atoms with van der Waals surface area (Å²) in [6, 6.07) is 8.15. The van der Waals surface area contributed by atoms with Crippen LogP contribution in [-0.4, -0.2) is 25.5 Å². The van der Waals surface area contributed by atoms with Gasteiger partial charge in [-0.1, -0.05) is 17.7 Å². The van der Waals surface area contributed by atoms with Crippen molar-refractivity contribution >= 4 is 23.2 Å². The second-order valence-corrected chi connectivity index (χ2v) is 6.51. The number of carbonyl (C=O) groups is 1. The second-order valence-electron chi connectivity index (χ2n) is 6.11. The highest BCUT2D eigenvalue weighted by molar-refractivity contribution is 6.30. The molecule has 0 aliphatic rings. The molecule has 0 fully saturated rings. The third kappa shape index (κ3) is 3.29. The smallest absolute Gasteiger partial charge is 0.270 e. The lowest BCUT2D eigenvalue weighted by Crippen LogP contribution is -2.25. The minimum atomic E-state index is -0.488. The van der Waals surface area contributed by atoms with Crippen LogP contribution in [0.25, 0.3) is 16.8 Å². The van der Waals surface area contributed by atoms with Gasteiger partial charge >= 0.3 is 0 Å². The summed E-state index contributed by atoms with van der Waals surface area (Å²) in [4.78, 5) is 17.2. The summed E-state index contributed by atoms with van der Waals surface area (Å²) >= 11 is 5.78. The molecule has 3 aromatic heterocycles. The van der Waals surface area contributed by atoms with E-state index >= 15 is 0 Å². The van der Waals surface area contributed by atoms with Crippen molar-refractivity contribution in [3.05, 3.63) is 76.7 Å². The number of H-pyrrole nitrogens is 1. The average Bonchev–Trinajstić information content (AvgIpc) is 3.29. The molecule has 0 saturated heterocycles. The molecule has 8 heteroatoms. The van der Waals surface area contributed by atoms with E-state index in [1.165, 1.54) is 12.1 Å². The number of aromatic amines is 1. The fourth-order valence-electron chi connectivity index (χ4n) is 2.94. The van der Waals surface area contributed by atoms with E-state index in [4.69, 9.17) is 11.6 Å². The van der Waals surface area contributed by atoms with Crippen LogP contribution in [0, 0.1) is 12.7 Å². The molecule has 4 aromatic rings. The molecule has 0 atom stereocenters. The quantitative estimate of drug-likeness (QED) is 0.563. The third-order valence-electron chi connectivity index (χ3n) is 4.28. The SMILES string of the molecule is Cc1nc2cc(-c3cn[nH]c3)ccn2c1C(=O)NCc1ccc(F)c(Cl)c1. The Morgan fingerprint density at radius 2 is 2.15 bits per heavy atom. The largest absolute Gasteiger partial charge is 0.347 e. The highest BCUT2D eigenvalue weighted by Gasteiger charge is 2.17. The van der Waals surface area contributed by atoms with Crippen LogP contribution in [0.3, 0.4) is 0 Å². The molecule has 27 heavy (non-hydrogen) atoms. The van der Waals surface area contributed by atoms with E-state index < -0.39 is 5.82 Å². The molecule has 1 amide bonds. The minimum absolute atomic E-state index is 0.0273. The molecule has 6 nitrogen and oxygen atoms in total. The zero-order valence-electron chi connectivity index (χ0n) is 14.3. The van der Waals surface area contributed by atoms with Gasteiger partial charge in [-0.15, -0.1) is 0 Å². The Hall–Kier alpha value is -3.19. The fourth-order valence-corrected chi connectivity index (χ4v) is 3.14. The summed E-state index contributed by atoms with van der Waals surface area (Å²) in [5.41, 5.74) is 4.35. The predicted octanol–water partition coefficient (Wildman–Crippen LogP) is 3.76. The van der Waals surface area contributed by atoms with Crippen LogP contribution < -0.4 is 5.32 Å². The number of hydrogen-bond donors (Lipinski definition) is 2. The van der Waals surface area contributed by atoms with Crippen LogP contribution in [0.5, 0.6) is 0 Å². The van der Waals surface area contributed by atoms with Crippen LogP contribution in [-0.2, 0) is 6.54 Å². The minimum Gasteiger partial charge on any atom is -0.347 e. The van der Waals surface area contributed by atoms with Gasteiger partial charge in [-0.25, -0.2) is 9.37 Å². The lowest BCUT2D eigenvalue weighted by atomic mass is 10.1. The molecule has 0 aliphatic heterocycles. The van der Waals surface area contributed by atoms with E-state index in [9.17, 15) is 9.18 Å². The van der Waals surface area contributed by atoms with Gasteiger partial charge in [-0.2, -0.15) is 5.10 Å². The maximum atomic E-state index is 13.2. The first kappa shape index (κ1) is 17.2. The van der Waals surface area contributed by atoms with Crippen molar-refractivity contribution in [3.63, 3.8) is 0 Å². The molecule has 3 heterocycles. The number of amides is 1. The topological polar surface area (TPSA) is 75.1 Å². The van der Waals surface area contributed by atoms with Crippen LogP contribution in [0.4, 0.5) is 4.39 Å². The number of nitrogens with zero attached hydrogens (tertiary/aromatic N) is 3. The van der Waals surface area contributed by atoms with Gasteiger partial charge in [0.05, 0.1) is 16.9 Å². The van der Waals surface area contributed by atoms with Crippen LogP contribution in [0.2, 0.25) is 5.02 Å². The molecular weight excluding hydrogens is 369 g/mol. The summed E-state index contributed by atoms with van der Waals surface area (Å²) in [6.07, 6.45) is 5.33. The first-order valence-electron chi connectivity index (χ1n) is 8.23. The number of aromatic nitrogens is 4. The Morgan fingerprint density at radius 3 is 2.89 bits per heavy atom. The standard InChI is InChI=1S/C19H15ClFN5O/c1-11-18(19(27)22-8-12-2-3-16(21)15(20)6-12)26-5-4-13(7-17(26)25-11)14-9-23-24-10-14/h2-7,9-10H,8H2,1H3,(H,22,27)(H,23,24). The molecular formula is C19H15ClFN5O. The van der Waals surface area contributed by atoms with Gasteiger partial charge in [0.1, 0.15) is 17.2 Å². The van der Waals surface area contributed by atoms with Crippen LogP contribution >= 0.6 is 11.6 Å². The van der Waals surface area contributed by atoms with E-state index in [1.54, 1.807) is 36.0 Å². The Labute approximate surface area is 159 Å². The van der Waals surface area contributed by atoms with Gasteiger partial charge in [0.15, 0.2) is 0 Å². The van der Waals surface area contributed by atoms with Gasteiger partial charge in [0, 0.05) is 24.5 Å². The molecule has 0 aliphatic carbocycles. The lowest BCUT2D eigenvalue weighted by Gasteiger charge is -2.07. The van der Waals surface area contributed by atoms with E-state index in [-0.39, 0.29) is 17.5 Å². The zero-order chi connectivity index (χ0) is 19.0. The van der Waals surface area contributed by atoms with Crippen molar-refractivity contribution in [3.8, 4) is 11.1 Å². The summed E-state index contributed by atoms with van der Waals surface area (Å²) in [7, 11) is 0. The van der Waals surface area contributed by atoms with E-state index in [1.807, 2.05) is 12.1 Å². The Bertz CT molecular complexity index is 1140. The monoisotopic (exact) mass is 383 g/mol. The average molecular weight is 384 g/mol. The van der Waals surface area contributed by atoms with Gasteiger partial charge in [0.25, 0.3) is 5.91 Å². The van der Waals surface area contributed by atoms with Gasteiger partial charge in [-0.3, -0.25) is 14.3 Å². The van der Waals surface area contributed by atoms with Crippen molar-refractivity contribution in [2.45, 2.75) is 13.5 Å². The summed E-state index contributed by atoms with van der Waals surface area (Å²) in [5, 5.41) is 9.58. The normalized spacial score (nSPS) is 11.1. The highest BCUT2D eigenvalue weighted by Crippen LogP contribution is 2.21. The van der Waals surface area contributed by atoms with Crippen molar-refractivity contribution in [1.82, 2.24) is 24.9 Å². The van der Waals surface area contributed by atoms with Crippen LogP contribution in [0.1, 0.15) is 21.7 Å². The van der Waals surface area contributed by atoms with E-state index in [0.717, 1.165) is 11.1 Å². The Morgan fingerprint density at radius 1 is 1.30 bits per heavy atom. The third-order valence-corrected chi connectivity index (χ3v) is 4.57. The van der Waals surface area contributed by atoms with Crippen molar-refractivity contribution in [2.75, 3.05) is 0 Å². The second kappa shape index (κ2) is 6.85. The molecule has 0 unspecified atom stereocenters. The molecule has 0 radical (unpaired) electrons. The Kier molecular flexibility index (Phi) is 4.37. The highest BCUT2D eigenvalue weighted by atomic mass is 35.5. The maximum absolute atomic E-state index is 13.2. The zero-order valence-corrected chi connectivity index (χ0v) is 15.1. The fraction of sp³-hybridized carbons (Fsp3) is 0.105. The number of pyridine rings is 1. The molecule has 0 spiro atoms. The molecule has 0 saturated carbocycles. The summed E-state index contributed by atoms with van der Waals surface area (Å²) in [5.74, 6) is -0.755. The van der Waals surface area contributed by atoms with Crippen molar-refractivity contribution in [1.29, 1.82) is 0 Å². The number of nitrogens with one attached hydrogen (secondary N) is 2. The molecule has 1 aromatic carbocycles. The van der Waals surface area contributed by atoms with Gasteiger partial charge in [0.2, 0.25) is 0 Å². The number of rotatable bonds is 4. The number of carbonyl (C=O) groups excluding carboxylic acids is 1. The number of halogens is 2. The predicted molar refractivity (Wildman–Crippen MR) is 100 cm³/mol. The summed E-state index contributed by atoms with van der Waals surface area (Å²) < 4.78 is 15.0. The van der Waals surface area contributed by atoms with Crippen molar-refractivity contribution in [2.24, 2.45) is 0 Å². The van der Waals surface area contributed by atoms with E-state index in [0.29, 0.717) is 22.6 Å². The first-order chi connectivity index (χ1) is 13.0. The van der Waals surface area contributed by atoms with Gasteiger partial charge in [-0.05, 0) is 42.3 Å². The maximum Gasteiger partial charge on any atom is 0.270 e. The molecule has 4 rings (SSSR count). The number of hydrogen-bond acceptors (Lipinski definition) is 3. The lowest BCUT2D eigenvalue weighted by molar-refractivity contribution is 0.0944.